The number of nitrogens with zero attached hydrogens (tertiary/aromatic N) is 1. The summed E-state index contributed by atoms with van der Waals surface area (Å²) in [5.41, 5.74) is -0.0901. The van der Waals surface area contributed by atoms with Crippen molar-refractivity contribution in [2.75, 3.05) is 6.54 Å². The summed E-state index contributed by atoms with van der Waals surface area (Å²) in [7, 11) is 0. The molecule has 1 aromatic rings. The van der Waals surface area contributed by atoms with Gasteiger partial charge < -0.3 is 4.90 Å². The molecule has 1 amide bonds. The van der Waals surface area contributed by atoms with Gasteiger partial charge in [-0.1, -0.05) is 26.8 Å². The van der Waals surface area contributed by atoms with Crippen LogP contribution in [0.3, 0.4) is 0 Å². The molecule has 2 aliphatic rings. The summed E-state index contributed by atoms with van der Waals surface area (Å²) in [5, 5.41) is 5.63. The maximum absolute atomic E-state index is 12.5. The van der Waals surface area contributed by atoms with Gasteiger partial charge in [0.25, 0.3) is 0 Å². The molecule has 1 aliphatic heterocycles. The van der Waals surface area contributed by atoms with Crippen molar-refractivity contribution in [2.45, 2.75) is 45.3 Å². The lowest BCUT2D eigenvalue weighted by molar-refractivity contribution is -0.132. The Morgan fingerprint density at radius 3 is 2.72 bits per heavy atom. The smallest absolute Gasteiger partial charge is 0.244 e. The van der Waals surface area contributed by atoms with E-state index in [2.05, 4.69) is 43.6 Å². The second-order valence-electron chi connectivity index (χ2n) is 6.64. The third-order valence-corrected chi connectivity index (χ3v) is 4.53. The molecule has 1 unspecified atom stereocenters. The lowest BCUT2D eigenvalue weighted by Gasteiger charge is -2.30. The topological polar surface area (TPSA) is 32.3 Å². The van der Waals surface area contributed by atoms with Gasteiger partial charge in [-0.25, -0.2) is 0 Å². The number of nitrogens with one attached hydrogen (secondary N) is 1. The molecule has 1 spiro atoms. The van der Waals surface area contributed by atoms with Crippen molar-refractivity contribution in [1.82, 2.24) is 10.2 Å². The number of carbonyl (C=O) groups is 1. The molecule has 1 atom stereocenters. The van der Waals surface area contributed by atoms with Crippen LogP contribution in [0.2, 0.25) is 0 Å². The summed E-state index contributed by atoms with van der Waals surface area (Å²) in [6.45, 7) is 7.36. The fraction of sp³-hybridized carbons (Fsp3) is 0.643. The van der Waals surface area contributed by atoms with Gasteiger partial charge in [0.15, 0.2) is 0 Å². The maximum atomic E-state index is 12.5. The molecule has 4 heteroatoms. The molecule has 98 valence electrons. The molecule has 1 aromatic heterocycles. The van der Waals surface area contributed by atoms with Crippen LogP contribution in [0.25, 0.3) is 0 Å². The molecule has 18 heavy (non-hydrogen) atoms. The van der Waals surface area contributed by atoms with Crippen molar-refractivity contribution in [3.63, 3.8) is 0 Å². The second-order valence-corrected chi connectivity index (χ2v) is 7.62. The minimum absolute atomic E-state index is 0.0826. The molecular formula is C14H20N2OS. The number of rotatable bonds is 2. The minimum atomic E-state index is -0.222. The van der Waals surface area contributed by atoms with Crippen molar-refractivity contribution in [1.29, 1.82) is 0 Å². The van der Waals surface area contributed by atoms with Crippen LogP contribution in [0.15, 0.2) is 17.5 Å². The van der Waals surface area contributed by atoms with Crippen LogP contribution < -0.4 is 5.32 Å². The standard InChI is InChI=1S/C14H20N2OS/c1-13(2,3)9-16-11(10-5-4-8-18-10)15-14(6-7-14)12(16)17/h4-5,8,11,15H,6-7,9H2,1-3H3. The minimum Gasteiger partial charge on any atom is -0.320 e. The highest BCUT2D eigenvalue weighted by Crippen LogP contribution is 2.47. The molecule has 2 heterocycles. The van der Waals surface area contributed by atoms with Crippen LogP contribution in [-0.2, 0) is 4.79 Å². The fourth-order valence-electron chi connectivity index (χ4n) is 2.62. The molecular weight excluding hydrogens is 244 g/mol. The van der Waals surface area contributed by atoms with Crippen LogP contribution in [0.4, 0.5) is 0 Å². The highest BCUT2D eigenvalue weighted by Gasteiger charge is 2.59. The van der Waals surface area contributed by atoms with E-state index in [0.29, 0.717) is 5.91 Å². The number of hydrogen-bond acceptors (Lipinski definition) is 3. The van der Waals surface area contributed by atoms with Gasteiger partial charge in [-0.15, -0.1) is 11.3 Å². The van der Waals surface area contributed by atoms with Crippen molar-refractivity contribution < 1.29 is 4.79 Å². The van der Waals surface area contributed by atoms with Crippen LogP contribution in [0.1, 0.15) is 44.7 Å². The van der Waals surface area contributed by atoms with E-state index in [1.54, 1.807) is 11.3 Å². The molecule has 2 fully saturated rings. The van der Waals surface area contributed by atoms with E-state index >= 15 is 0 Å². The molecule has 3 rings (SSSR count). The van der Waals surface area contributed by atoms with Gasteiger partial charge in [-0.2, -0.15) is 0 Å². The average molecular weight is 264 g/mol. The van der Waals surface area contributed by atoms with E-state index in [9.17, 15) is 4.79 Å². The zero-order chi connectivity index (χ0) is 13.0. The number of carbonyl (C=O) groups excluding carboxylic acids is 1. The first-order valence-electron chi connectivity index (χ1n) is 6.54. The third kappa shape index (κ3) is 1.97. The Bertz CT molecular complexity index is 457. The van der Waals surface area contributed by atoms with E-state index in [1.165, 1.54) is 4.88 Å². The van der Waals surface area contributed by atoms with Crippen LogP contribution in [0, 0.1) is 5.41 Å². The van der Waals surface area contributed by atoms with E-state index in [4.69, 9.17) is 0 Å². The van der Waals surface area contributed by atoms with Gasteiger partial charge in [0.2, 0.25) is 5.91 Å². The monoisotopic (exact) mass is 264 g/mol. The summed E-state index contributed by atoms with van der Waals surface area (Å²) >= 11 is 1.72. The van der Waals surface area contributed by atoms with E-state index in [0.717, 1.165) is 19.4 Å². The predicted octanol–water partition coefficient (Wildman–Crippen LogP) is 2.76. The fourth-order valence-corrected chi connectivity index (χ4v) is 3.41. The molecule has 0 radical (unpaired) electrons. The predicted molar refractivity (Wildman–Crippen MR) is 73.3 cm³/mol. The first-order chi connectivity index (χ1) is 8.41. The van der Waals surface area contributed by atoms with Crippen molar-refractivity contribution in [2.24, 2.45) is 5.41 Å². The number of thiophene rings is 1. The first kappa shape index (κ1) is 12.2. The van der Waals surface area contributed by atoms with Gasteiger partial charge in [-0.3, -0.25) is 10.1 Å². The largest absolute Gasteiger partial charge is 0.320 e. The first-order valence-corrected chi connectivity index (χ1v) is 7.41. The summed E-state index contributed by atoms with van der Waals surface area (Å²) in [4.78, 5) is 15.8. The van der Waals surface area contributed by atoms with Gasteiger partial charge in [-0.05, 0) is 29.7 Å². The Morgan fingerprint density at radius 2 is 2.22 bits per heavy atom. The van der Waals surface area contributed by atoms with Crippen LogP contribution in [0.5, 0.6) is 0 Å². The Morgan fingerprint density at radius 1 is 1.50 bits per heavy atom. The Balaban J connectivity index is 1.89. The molecule has 0 aromatic carbocycles. The van der Waals surface area contributed by atoms with Gasteiger partial charge in [0.1, 0.15) is 11.7 Å². The van der Waals surface area contributed by atoms with Gasteiger partial charge in [0, 0.05) is 11.4 Å². The van der Waals surface area contributed by atoms with Gasteiger partial charge in [0.05, 0.1) is 0 Å². The summed E-state index contributed by atoms with van der Waals surface area (Å²) < 4.78 is 0. The summed E-state index contributed by atoms with van der Waals surface area (Å²) in [6.07, 6.45) is 2.07. The molecule has 0 bridgehead atoms. The van der Waals surface area contributed by atoms with E-state index < -0.39 is 0 Å². The van der Waals surface area contributed by atoms with Crippen LogP contribution >= 0.6 is 11.3 Å². The molecule has 3 nitrogen and oxygen atoms in total. The van der Waals surface area contributed by atoms with Gasteiger partial charge >= 0.3 is 0 Å². The van der Waals surface area contributed by atoms with Crippen molar-refractivity contribution >= 4 is 17.2 Å². The molecule has 1 N–H and O–H groups in total. The number of amides is 1. The zero-order valence-corrected chi connectivity index (χ0v) is 12.0. The van der Waals surface area contributed by atoms with Crippen molar-refractivity contribution in [3.8, 4) is 0 Å². The molecule has 1 saturated carbocycles. The Labute approximate surface area is 112 Å². The SMILES string of the molecule is CC(C)(C)CN1C(=O)C2(CC2)NC1c1cccs1. The number of hydrogen-bond donors (Lipinski definition) is 1. The quantitative estimate of drug-likeness (QED) is 0.891. The van der Waals surface area contributed by atoms with E-state index in [-0.39, 0.29) is 17.1 Å². The third-order valence-electron chi connectivity index (χ3n) is 3.60. The molecule has 1 saturated heterocycles. The lowest BCUT2D eigenvalue weighted by atomic mass is 9.95. The lowest BCUT2D eigenvalue weighted by Crippen LogP contribution is -2.37. The highest BCUT2D eigenvalue weighted by atomic mass is 32.1. The maximum Gasteiger partial charge on any atom is 0.244 e. The average Bonchev–Trinajstić information content (AvgIpc) is 2.75. The zero-order valence-electron chi connectivity index (χ0n) is 11.2. The second kappa shape index (κ2) is 3.81. The summed E-state index contributed by atoms with van der Waals surface area (Å²) in [5.74, 6) is 0.302. The normalized spacial score (nSPS) is 26.1. The van der Waals surface area contributed by atoms with Crippen LogP contribution in [-0.4, -0.2) is 22.9 Å². The Kier molecular flexibility index (Phi) is 2.58. The highest BCUT2D eigenvalue weighted by molar-refractivity contribution is 7.10. The summed E-state index contributed by atoms with van der Waals surface area (Å²) in [6, 6.07) is 4.17. The Hall–Kier alpha value is -0.870. The molecule has 1 aliphatic carbocycles. The van der Waals surface area contributed by atoms with E-state index in [1.807, 2.05) is 4.90 Å². The van der Waals surface area contributed by atoms with Crippen molar-refractivity contribution in [3.05, 3.63) is 22.4 Å².